The fourth-order valence-electron chi connectivity index (χ4n) is 4.55. The van der Waals surface area contributed by atoms with Crippen LogP contribution >= 0.6 is 23.2 Å². The number of rotatable bonds is 6. The molecule has 6 nitrogen and oxygen atoms in total. The molecule has 8 heteroatoms. The van der Waals surface area contributed by atoms with Crippen LogP contribution in [0, 0.1) is 19.3 Å². The first-order valence-electron chi connectivity index (χ1n) is 11.6. The van der Waals surface area contributed by atoms with E-state index in [0.29, 0.717) is 13.2 Å². The van der Waals surface area contributed by atoms with E-state index in [0.717, 1.165) is 107 Å². The number of pyridine rings is 2. The van der Waals surface area contributed by atoms with Crippen LogP contribution in [-0.4, -0.2) is 34.6 Å². The molecular weight excluding hydrogens is 459 g/mol. The average molecular weight is 487 g/mol. The molecule has 0 saturated heterocycles. The second-order valence-electron chi connectivity index (χ2n) is 9.48. The lowest BCUT2D eigenvalue weighted by atomic mass is 9.94. The molecular formula is C25H28Cl2N4O2. The van der Waals surface area contributed by atoms with E-state index >= 15 is 0 Å². The Morgan fingerprint density at radius 2 is 1.24 bits per heavy atom. The van der Waals surface area contributed by atoms with E-state index in [2.05, 4.69) is 20.3 Å². The van der Waals surface area contributed by atoms with E-state index < -0.39 is 0 Å². The number of hydrogen-bond donors (Lipinski definition) is 0. The van der Waals surface area contributed by atoms with Gasteiger partial charge in [0.25, 0.3) is 0 Å². The van der Waals surface area contributed by atoms with E-state index in [1.54, 1.807) is 0 Å². The predicted octanol–water partition coefficient (Wildman–Crippen LogP) is 5.99. The molecule has 2 heterocycles. The predicted molar refractivity (Wildman–Crippen MR) is 130 cm³/mol. The average Bonchev–Trinajstić information content (AvgIpc) is 3.54. The third-order valence-electron chi connectivity index (χ3n) is 6.67. The maximum Gasteiger partial charge on any atom is 0.126 e. The van der Waals surface area contributed by atoms with Gasteiger partial charge in [0.05, 0.1) is 11.4 Å². The van der Waals surface area contributed by atoms with Crippen molar-refractivity contribution in [3.8, 4) is 0 Å². The molecule has 0 N–H and O–H groups in total. The molecule has 0 spiro atoms. The van der Waals surface area contributed by atoms with Gasteiger partial charge in [0, 0.05) is 26.8 Å². The van der Waals surface area contributed by atoms with Crippen molar-refractivity contribution in [2.75, 3.05) is 13.2 Å². The normalized spacial score (nSPS) is 21.0. The summed E-state index contributed by atoms with van der Waals surface area (Å²) in [6.07, 6.45) is 7.67. The Bertz CT molecular complexity index is 1060. The Morgan fingerprint density at radius 3 is 1.67 bits per heavy atom. The molecule has 0 aliphatic heterocycles. The number of nitrogens with zero attached hydrogens (tertiary/aromatic N) is 4. The van der Waals surface area contributed by atoms with Gasteiger partial charge in [-0.2, -0.15) is 0 Å². The lowest BCUT2D eigenvalue weighted by Gasteiger charge is -2.20. The minimum Gasteiger partial charge on any atom is -0.395 e. The standard InChI is InChI=1S/C25H28Cl2N4O2/c1-15-11-19(26)17-5-3-7-21(23(17)28-15)30-32-13-25(9-10-25)14-33-31-22-8-4-6-18-20(27)12-16(2)29-24(18)22/h11-12H,3-10,13-14H2,1-2H3/b30-21+,31-22+. The highest BCUT2D eigenvalue weighted by molar-refractivity contribution is 6.32. The van der Waals surface area contributed by atoms with E-state index in [1.807, 2.05) is 26.0 Å². The monoisotopic (exact) mass is 486 g/mol. The van der Waals surface area contributed by atoms with Crippen LogP contribution in [0.3, 0.4) is 0 Å². The van der Waals surface area contributed by atoms with Crippen LogP contribution in [0.15, 0.2) is 22.4 Å². The molecule has 3 aliphatic rings. The topological polar surface area (TPSA) is 69.0 Å². The van der Waals surface area contributed by atoms with Crippen LogP contribution in [0.4, 0.5) is 0 Å². The largest absolute Gasteiger partial charge is 0.395 e. The molecule has 3 aliphatic carbocycles. The molecule has 5 rings (SSSR count). The summed E-state index contributed by atoms with van der Waals surface area (Å²) in [4.78, 5) is 21.0. The number of aryl methyl sites for hydroxylation is 2. The fraction of sp³-hybridized carbons (Fsp3) is 0.520. The van der Waals surface area contributed by atoms with Crippen LogP contribution in [0.25, 0.3) is 0 Å². The molecule has 2 aromatic heterocycles. The van der Waals surface area contributed by atoms with Crippen molar-refractivity contribution in [2.24, 2.45) is 15.7 Å². The molecule has 174 valence electrons. The van der Waals surface area contributed by atoms with Gasteiger partial charge in [0.1, 0.15) is 24.6 Å². The smallest absolute Gasteiger partial charge is 0.126 e. The highest BCUT2D eigenvalue weighted by atomic mass is 35.5. The summed E-state index contributed by atoms with van der Waals surface area (Å²) in [6.45, 7) is 4.92. The SMILES string of the molecule is Cc1cc(Cl)c2c(n1)/C(=N/OCC1(CO/N=C3\CCCc4c(Cl)cc(C)nc43)CC1)CCC2. The van der Waals surface area contributed by atoms with Crippen molar-refractivity contribution in [3.63, 3.8) is 0 Å². The Morgan fingerprint density at radius 1 is 0.788 bits per heavy atom. The first-order chi connectivity index (χ1) is 15.9. The zero-order chi connectivity index (χ0) is 23.0. The number of fused-ring (bicyclic) bond motifs is 2. The molecule has 1 fully saturated rings. The van der Waals surface area contributed by atoms with Crippen molar-refractivity contribution in [1.82, 2.24) is 9.97 Å². The summed E-state index contributed by atoms with van der Waals surface area (Å²) in [7, 11) is 0. The van der Waals surface area contributed by atoms with Gasteiger partial charge in [-0.15, -0.1) is 0 Å². The molecule has 0 atom stereocenters. The Balaban J connectivity index is 1.22. The third kappa shape index (κ3) is 4.87. The lowest BCUT2D eigenvalue weighted by Crippen LogP contribution is -2.20. The molecule has 0 bridgehead atoms. The number of halogens is 2. The van der Waals surface area contributed by atoms with E-state index in [4.69, 9.17) is 32.9 Å². The summed E-state index contributed by atoms with van der Waals surface area (Å²) in [6, 6.07) is 3.83. The van der Waals surface area contributed by atoms with Crippen molar-refractivity contribution in [2.45, 2.75) is 65.2 Å². The maximum atomic E-state index is 6.42. The van der Waals surface area contributed by atoms with Crippen molar-refractivity contribution in [3.05, 3.63) is 56.1 Å². The Hall–Kier alpha value is -2.18. The van der Waals surface area contributed by atoms with E-state index in [9.17, 15) is 0 Å². The van der Waals surface area contributed by atoms with Gasteiger partial charge in [0.15, 0.2) is 0 Å². The highest BCUT2D eigenvalue weighted by Gasteiger charge is 2.45. The first kappa shape index (κ1) is 22.6. The van der Waals surface area contributed by atoms with E-state index in [1.165, 1.54) is 0 Å². The number of aromatic nitrogens is 2. The number of oxime groups is 2. The summed E-state index contributed by atoms with van der Waals surface area (Å²) in [5.74, 6) is 0. The van der Waals surface area contributed by atoms with Gasteiger partial charge in [-0.05, 0) is 88.5 Å². The van der Waals surface area contributed by atoms with Crippen molar-refractivity contribution >= 4 is 34.6 Å². The van der Waals surface area contributed by atoms with Crippen molar-refractivity contribution in [1.29, 1.82) is 0 Å². The molecule has 0 amide bonds. The molecule has 33 heavy (non-hydrogen) atoms. The van der Waals surface area contributed by atoms with Gasteiger partial charge in [-0.3, -0.25) is 9.97 Å². The Labute approximate surface area is 204 Å². The van der Waals surface area contributed by atoms with Crippen LogP contribution in [0.5, 0.6) is 0 Å². The van der Waals surface area contributed by atoms with Gasteiger partial charge >= 0.3 is 0 Å². The van der Waals surface area contributed by atoms with E-state index in [-0.39, 0.29) is 5.41 Å². The molecule has 2 aromatic rings. The zero-order valence-electron chi connectivity index (χ0n) is 19.1. The van der Waals surface area contributed by atoms with Crippen molar-refractivity contribution < 1.29 is 9.68 Å². The molecule has 0 aromatic carbocycles. The summed E-state index contributed by atoms with van der Waals surface area (Å²) in [5, 5.41) is 10.5. The van der Waals surface area contributed by atoms with Crippen LogP contribution in [0.2, 0.25) is 10.0 Å². The molecule has 1 saturated carbocycles. The van der Waals surface area contributed by atoms with Gasteiger partial charge < -0.3 is 9.68 Å². The third-order valence-corrected chi connectivity index (χ3v) is 7.35. The second kappa shape index (κ2) is 9.22. The van der Waals surface area contributed by atoms with Crippen LogP contribution < -0.4 is 0 Å². The fourth-order valence-corrected chi connectivity index (χ4v) is 5.24. The van der Waals surface area contributed by atoms with Gasteiger partial charge in [0.2, 0.25) is 0 Å². The quantitative estimate of drug-likeness (QED) is 0.469. The van der Waals surface area contributed by atoms with Crippen LogP contribution in [0.1, 0.15) is 72.4 Å². The zero-order valence-corrected chi connectivity index (χ0v) is 20.6. The summed E-state index contributed by atoms with van der Waals surface area (Å²) >= 11 is 12.8. The van der Waals surface area contributed by atoms with Gasteiger partial charge in [-0.1, -0.05) is 33.5 Å². The highest BCUT2D eigenvalue weighted by Crippen LogP contribution is 2.46. The summed E-state index contributed by atoms with van der Waals surface area (Å²) < 4.78 is 0. The van der Waals surface area contributed by atoms with Gasteiger partial charge in [-0.25, -0.2) is 0 Å². The lowest BCUT2D eigenvalue weighted by molar-refractivity contribution is 0.0316. The first-order valence-corrected chi connectivity index (χ1v) is 12.4. The Kier molecular flexibility index (Phi) is 6.32. The maximum absolute atomic E-state index is 6.42. The number of hydrogen-bond acceptors (Lipinski definition) is 6. The molecule has 0 radical (unpaired) electrons. The minimum absolute atomic E-state index is 0.0293. The minimum atomic E-state index is -0.0293. The summed E-state index contributed by atoms with van der Waals surface area (Å²) in [5.41, 5.74) is 7.46. The molecule has 0 unspecified atom stereocenters. The second-order valence-corrected chi connectivity index (χ2v) is 10.3. The van der Waals surface area contributed by atoms with Crippen LogP contribution in [-0.2, 0) is 22.5 Å².